The van der Waals surface area contributed by atoms with Crippen molar-refractivity contribution in [3.05, 3.63) is 0 Å². The number of esters is 1. The van der Waals surface area contributed by atoms with Crippen LogP contribution in [0.2, 0.25) is 0 Å². The molecule has 4 nitrogen and oxygen atoms in total. The fourth-order valence-corrected chi connectivity index (χ4v) is 0.609. The van der Waals surface area contributed by atoms with Gasteiger partial charge in [0.1, 0.15) is 0 Å². The summed E-state index contributed by atoms with van der Waals surface area (Å²) in [4.78, 5) is 21.6. The Kier molecular flexibility index (Phi) is 4.45. The van der Waals surface area contributed by atoms with Crippen LogP contribution in [0.1, 0.15) is 27.2 Å². The fraction of sp³-hybridized carbons (Fsp3) is 0.778. The van der Waals surface area contributed by atoms with Gasteiger partial charge in [-0.25, -0.2) is 4.79 Å². The topological polar surface area (TPSA) is 55.4 Å². The molecule has 0 spiro atoms. The van der Waals surface area contributed by atoms with Gasteiger partial charge in [0, 0.05) is 6.54 Å². The Bertz CT molecular complexity index is 199. The van der Waals surface area contributed by atoms with Crippen LogP contribution in [-0.4, -0.2) is 25.5 Å². The van der Waals surface area contributed by atoms with Crippen molar-refractivity contribution in [3.8, 4) is 0 Å². The molecule has 0 unspecified atom stereocenters. The quantitative estimate of drug-likeness (QED) is 0.523. The number of carbonyl (C=O) groups excluding carboxylic acids is 2. The van der Waals surface area contributed by atoms with Gasteiger partial charge in [0.25, 0.3) is 0 Å². The van der Waals surface area contributed by atoms with Crippen LogP contribution in [0.15, 0.2) is 0 Å². The summed E-state index contributed by atoms with van der Waals surface area (Å²) >= 11 is 0. The molecule has 0 aromatic rings. The summed E-state index contributed by atoms with van der Waals surface area (Å²) in [6, 6.07) is 0. The molecule has 0 aliphatic carbocycles. The zero-order valence-corrected chi connectivity index (χ0v) is 8.64. The third-order valence-corrected chi connectivity index (χ3v) is 2.06. The molecule has 1 N–H and O–H groups in total. The first-order valence-electron chi connectivity index (χ1n) is 4.29. The number of hydrogen-bond acceptors (Lipinski definition) is 3. The van der Waals surface area contributed by atoms with E-state index in [1.807, 2.05) is 20.8 Å². The van der Waals surface area contributed by atoms with Crippen LogP contribution >= 0.6 is 0 Å². The van der Waals surface area contributed by atoms with E-state index in [9.17, 15) is 9.59 Å². The lowest BCUT2D eigenvalue weighted by Crippen LogP contribution is -2.38. The fourth-order valence-electron chi connectivity index (χ4n) is 0.609. The van der Waals surface area contributed by atoms with Gasteiger partial charge in [0.15, 0.2) is 0 Å². The normalized spacial score (nSPS) is 10.8. The molecule has 0 aliphatic rings. The van der Waals surface area contributed by atoms with Crippen molar-refractivity contribution < 1.29 is 14.3 Å². The van der Waals surface area contributed by atoms with E-state index in [1.54, 1.807) is 0 Å². The second-order valence-corrected chi connectivity index (χ2v) is 3.69. The first-order chi connectivity index (χ1) is 5.93. The molecule has 0 aromatic heterocycles. The number of nitrogens with one attached hydrogen (secondary N) is 1. The summed E-state index contributed by atoms with van der Waals surface area (Å²) in [5, 5.41) is 2.51. The SMILES string of the molecule is CCC(C)(C)CNC(=O)C(=O)OC. The zero-order chi connectivity index (χ0) is 10.5. The first-order valence-corrected chi connectivity index (χ1v) is 4.29. The van der Waals surface area contributed by atoms with Gasteiger partial charge in [-0.15, -0.1) is 0 Å². The molecule has 0 radical (unpaired) electrons. The van der Waals surface area contributed by atoms with Gasteiger partial charge in [-0.1, -0.05) is 20.8 Å². The molecule has 76 valence electrons. The Balaban J connectivity index is 3.90. The molecule has 0 saturated heterocycles. The van der Waals surface area contributed by atoms with E-state index < -0.39 is 11.9 Å². The van der Waals surface area contributed by atoms with E-state index in [0.717, 1.165) is 6.42 Å². The van der Waals surface area contributed by atoms with Gasteiger partial charge >= 0.3 is 11.9 Å². The number of rotatable bonds is 3. The lowest BCUT2D eigenvalue weighted by Gasteiger charge is -2.22. The standard InChI is InChI=1S/C9H17NO3/c1-5-9(2,3)6-10-7(11)8(12)13-4/h5-6H2,1-4H3,(H,10,11). The molecule has 13 heavy (non-hydrogen) atoms. The summed E-state index contributed by atoms with van der Waals surface area (Å²) < 4.78 is 4.26. The predicted molar refractivity (Wildman–Crippen MR) is 49.1 cm³/mol. The second-order valence-electron chi connectivity index (χ2n) is 3.69. The Hall–Kier alpha value is -1.06. The van der Waals surface area contributed by atoms with Gasteiger partial charge in [-0.3, -0.25) is 4.79 Å². The third-order valence-electron chi connectivity index (χ3n) is 2.06. The van der Waals surface area contributed by atoms with Gasteiger partial charge in [0.05, 0.1) is 7.11 Å². The molecular formula is C9H17NO3. The number of hydrogen-bond donors (Lipinski definition) is 1. The smallest absolute Gasteiger partial charge is 0.396 e. The largest absolute Gasteiger partial charge is 0.462 e. The van der Waals surface area contributed by atoms with Crippen molar-refractivity contribution in [2.24, 2.45) is 5.41 Å². The Morgan fingerprint density at radius 2 is 1.92 bits per heavy atom. The summed E-state index contributed by atoms with van der Waals surface area (Å²) in [6.07, 6.45) is 0.939. The van der Waals surface area contributed by atoms with Crippen LogP contribution in [-0.2, 0) is 14.3 Å². The molecule has 0 aliphatic heterocycles. The maximum Gasteiger partial charge on any atom is 0.396 e. The Morgan fingerprint density at radius 3 is 2.31 bits per heavy atom. The maximum atomic E-state index is 11.0. The second kappa shape index (κ2) is 4.84. The Labute approximate surface area is 78.6 Å². The van der Waals surface area contributed by atoms with Gasteiger partial charge in [-0.05, 0) is 11.8 Å². The van der Waals surface area contributed by atoms with Crippen LogP contribution < -0.4 is 5.32 Å². The predicted octanol–water partition coefficient (Wildman–Crippen LogP) is 0.712. The lowest BCUT2D eigenvalue weighted by atomic mass is 9.90. The van der Waals surface area contributed by atoms with Crippen LogP contribution in [0.25, 0.3) is 0 Å². The van der Waals surface area contributed by atoms with Gasteiger partial charge in [-0.2, -0.15) is 0 Å². The Morgan fingerprint density at radius 1 is 1.38 bits per heavy atom. The highest BCUT2D eigenvalue weighted by atomic mass is 16.5. The minimum Gasteiger partial charge on any atom is -0.462 e. The molecule has 1 amide bonds. The first kappa shape index (κ1) is 11.9. The average molecular weight is 187 g/mol. The molecular weight excluding hydrogens is 170 g/mol. The molecule has 0 fully saturated rings. The summed E-state index contributed by atoms with van der Waals surface area (Å²) in [5.41, 5.74) is 0.0175. The van der Waals surface area contributed by atoms with Crippen molar-refractivity contribution in [1.82, 2.24) is 5.32 Å². The van der Waals surface area contributed by atoms with E-state index in [4.69, 9.17) is 0 Å². The van der Waals surface area contributed by atoms with E-state index in [-0.39, 0.29) is 5.41 Å². The van der Waals surface area contributed by atoms with Gasteiger partial charge in [0.2, 0.25) is 0 Å². The van der Waals surface area contributed by atoms with Crippen LogP contribution in [0.3, 0.4) is 0 Å². The number of carbonyl (C=O) groups is 2. The highest BCUT2D eigenvalue weighted by Crippen LogP contribution is 2.17. The van der Waals surface area contributed by atoms with Crippen molar-refractivity contribution in [2.75, 3.05) is 13.7 Å². The molecule has 0 atom stereocenters. The monoisotopic (exact) mass is 187 g/mol. The van der Waals surface area contributed by atoms with Crippen molar-refractivity contribution in [2.45, 2.75) is 27.2 Å². The minimum atomic E-state index is -0.841. The molecule has 4 heteroatoms. The van der Waals surface area contributed by atoms with Crippen molar-refractivity contribution in [3.63, 3.8) is 0 Å². The zero-order valence-electron chi connectivity index (χ0n) is 8.64. The highest BCUT2D eigenvalue weighted by molar-refractivity contribution is 6.32. The van der Waals surface area contributed by atoms with Gasteiger partial charge < -0.3 is 10.1 Å². The van der Waals surface area contributed by atoms with E-state index in [1.165, 1.54) is 7.11 Å². The van der Waals surface area contributed by atoms with E-state index in [2.05, 4.69) is 10.1 Å². The van der Waals surface area contributed by atoms with Crippen LogP contribution in [0.5, 0.6) is 0 Å². The molecule has 0 saturated carbocycles. The minimum absolute atomic E-state index is 0.0175. The average Bonchev–Trinajstić information content (AvgIpc) is 2.13. The third kappa shape index (κ3) is 4.50. The molecule has 0 aromatic carbocycles. The van der Waals surface area contributed by atoms with E-state index in [0.29, 0.717) is 6.54 Å². The van der Waals surface area contributed by atoms with Crippen LogP contribution in [0.4, 0.5) is 0 Å². The van der Waals surface area contributed by atoms with E-state index >= 15 is 0 Å². The number of amides is 1. The molecule has 0 bridgehead atoms. The molecule has 0 heterocycles. The van der Waals surface area contributed by atoms with Crippen LogP contribution in [0, 0.1) is 5.41 Å². The summed E-state index contributed by atoms with van der Waals surface area (Å²) in [6.45, 7) is 6.55. The summed E-state index contributed by atoms with van der Waals surface area (Å²) in [5.74, 6) is -1.52. The lowest BCUT2D eigenvalue weighted by molar-refractivity contribution is -0.152. The maximum absolute atomic E-state index is 11.0. The van der Waals surface area contributed by atoms with Crippen molar-refractivity contribution in [1.29, 1.82) is 0 Å². The number of methoxy groups -OCH3 is 1. The summed E-state index contributed by atoms with van der Waals surface area (Å²) in [7, 11) is 1.19. The highest BCUT2D eigenvalue weighted by Gasteiger charge is 2.19. The molecule has 0 rings (SSSR count). The number of ether oxygens (including phenoxy) is 1. The van der Waals surface area contributed by atoms with Crippen molar-refractivity contribution >= 4 is 11.9 Å².